The third-order valence-corrected chi connectivity index (χ3v) is 4.62. The number of carbonyl (C=O) groups excluding carboxylic acids is 1. The molecule has 1 amide bonds. The molecule has 1 atom stereocenters. The van der Waals surface area contributed by atoms with E-state index in [-0.39, 0.29) is 11.9 Å². The lowest BCUT2D eigenvalue weighted by Gasteiger charge is -2.23. The van der Waals surface area contributed by atoms with Gasteiger partial charge < -0.3 is 19.7 Å². The molecular formula is C19H30N2O3. The number of ether oxygens (including phenoxy) is 2. The summed E-state index contributed by atoms with van der Waals surface area (Å²) in [6.07, 6.45) is 4.73. The Balaban J connectivity index is 1.81. The maximum absolute atomic E-state index is 12.3. The molecular weight excluding hydrogens is 304 g/mol. The molecule has 0 aromatic heterocycles. The zero-order chi connectivity index (χ0) is 17.4. The lowest BCUT2D eigenvalue weighted by Crippen LogP contribution is -2.42. The summed E-state index contributed by atoms with van der Waals surface area (Å²) in [4.78, 5) is 14.7. The molecule has 134 valence electrons. The minimum absolute atomic E-state index is 0.121. The van der Waals surface area contributed by atoms with E-state index in [9.17, 15) is 4.79 Å². The van der Waals surface area contributed by atoms with Crippen LogP contribution in [-0.2, 0) is 11.2 Å². The number of rotatable bonds is 9. The number of nitrogens with zero attached hydrogens (tertiary/aromatic N) is 1. The Morgan fingerprint density at radius 1 is 1.21 bits per heavy atom. The van der Waals surface area contributed by atoms with Crippen LogP contribution in [0.25, 0.3) is 0 Å². The summed E-state index contributed by atoms with van der Waals surface area (Å²) in [5, 5.41) is 3.18. The van der Waals surface area contributed by atoms with Crippen LogP contribution in [-0.4, -0.2) is 50.7 Å². The van der Waals surface area contributed by atoms with Crippen LogP contribution in [0.4, 0.5) is 0 Å². The number of carbonyl (C=O) groups is 1. The molecule has 0 unspecified atom stereocenters. The average Bonchev–Trinajstić information content (AvgIpc) is 3.12. The molecule has 1 N–H and O–H groups in total. The minimum Gasteiger partial charge on any atom is -0.493 e. The first kappa shape index (κ1) is 18.6. The largest absolute Gasteiger partial charge is 0.493 e. The van der Waals surface area contributed by atoms with Crippen molar-refractivity contribution in [3.05, 3.63) is 23.8 Å². The van der Waals surface area contributed by atoms with Crippen molar-refractivity contribution in [3.63, 3.8) is 0 Å². The van der Waals surface area contributed by atoms with Crippen LogP contribution in [0.15, 0.2) is 18.2 Å². The van der Waals surface area contributed by atoms with Crippen LogP contribution in [0.2, 0.25) is 0 Å². The molecule has 1 fully saturated rings. The summed E-state index contributed by atoms with van der Waals surface area (Å²) < 4.78 is 10.5. The fourth-order valence-electron chi connectivity index (χ4n) is 3.15. The molecule has 0 aliphatic carbocycles. The van der Waals surface area contributed by atoms with Crippen molar-refractivity contribution in [2.24, 2.45) is 0 Å². The van der Waals surface area contributed by atoms with E-state index < -0.39 is 0 Å². The van der Waals surface area contributed by atoms with Gasteiger partial charge in [-0.2, -0.15) is 0 Å². The van der Waals surface area contributed by atoms with Gasteiger partial charge >= 0.3 is 0 Å². The predicted molar refractivity (Wildman–Crippen MR) is 95.8 cm³/mol. The van der Waals surface area contributed by atoms with Crippen molar-refractivity contribution >= 4 is 5.91 Å². The maximum Gasteiger partial charge on any atom is 0.220 e. The van der Waals surface area contributed by atoms with Gasteiger partial charge in [0.1, 0.15) is 0 Å². The third kappa shape index (κ3) is 5.41. The van der Waals surface area contributed by atoms with E-state index in [0.717, 1.165) is 31.6 Å². The number of hydrogen-bond acceptors (Lipinski definition) is 4. The summed E-state index contributed by atoms with van der Waals surface area (Å²) in [6.45, 7) is 5.43. The van der Waals surface area contributed by atoms with Crippen LogP contribution < -0.4 is 14.8 Å². The van der Waals surface area contributed by atoms with E-state index >= 15 is 0 Å². The molecule has 0 saturated carbocycles. The van der Waals surface area contributed by atoms with Gasteiger partial charge in [-0.15, -0.1) is 0 Å². The first-order valence-corrected chi connectivity index (χ1v) is 8.88. The highest BCUT2D eigenvalue weighted by Crippen LogP contribution is 2.27. The Kier molecular flexibility index (Phi) is 7.37. The second kappa shape index (κ2) is 9.52. The standard InChI is InChI=1S/C19H30N2O3/c1-4-16(14-21-11-5-6-12-21)20-19(22)10-8-15-7-9-17(23-2)18(13-15)24-3/h7,9,13,16H,4-6,8,10-12,14H2,1-3H3,(H,20,22)/t16-/m0/s1. The highest BCUT2D eigenvalue weighted by molar-refractivity contribution is 5.76. The Hall–Kier alpha value is -1.75. The van der Waals surface area contributed by atoms with Crippen LogP contribution >= 0.6 is 0 Å². The predicted octanol–water partition coefficient (Wildman–Crippen LogP) is 2.63. The first-order valence-electron chi connectivity index (χ1n) is 8.88. The van der Waals surface area contributed by atoms with Gasteiger partial charge in [0.2, 0.25) is 5.91 Å². The van der Waals surface area contributed by atoms with Gasteiger partial charge in [0.15, 0.2) is 11.5 Å². The Labute approximate surface area is 145 Å². The summed E-state index contributed by atoms with van der Waals surface area (Å²) in [5.74, 6) is 1.54. The molecule has 1 heterocycles. The molecule has 1 aliphatic rings. The van der Waals surface area contributed by atoms with E-state index in [1.54, 1.807) is 14.2 Å². The Bertz CT molecular complexity index is 527. The summed E-state index contributed by atoms with van der Waals surface area (Å²) in [6, 6.07) is 6.05. The highest BCUT2D eigenvalue weighted by Gasteiger charge is 2.18. The first-order chi connectivity index (χ1) is 11.7. The summed E-state index contributed by atoms with van der Waals surface area (Å²) >= 11 is 0. The normalized spacial score (nSPS) is 16.0. The van der Waals surface area contributed by atoms with Crippen LogP contribution in [0.1, 0.15) is 38.2 Å². The molecule has 5 heteroatoms. The molecule has 1 aromatic rings. The highest BCUT2D eigenvalue weighted by atomic mass is 16.5. The number of amides is 1. The molecule has 0 bridgehead atoms. The van der Waals surface area contributed by atoms with Crippen molar-refractivity contribution in [1.82, 2.24) is 10.2 Å². The van der Waals surface area contributed by atoms with Crippen LogP contribution in [0.3, 0.4) is 0 Å². The van der Waals surface area contributed by atoms with Crippen LogP contribution in [0, 0.1) is 0 Å². The summed E-state index contributed by atoms with van der Waals surface area (Å²) in [5.41, 5.74) is 1.08. The second-order valence-electron chi connectivity index (χ2n) is 6.37. The van der Waals surface area contributed by atoms with E-state index in [0.29, 0.717) is 24.3 Å². The number of likely N-dealkylation sites (tertiary alicyclic amines) is 1. The maximum atomic E-state index is 12.3. The lowest BCUT2D eigenvalue weighted by atomic mass is 10.1. The van der Waals surface area contributed by atoms with Crippen molar-refractivity contribution < 1.29 is 14.3 Å². The third-order valence-electron chi connectivity index (χ3n) is 4.62. The molecule has 1 aliphatic heterocycles. The number of aryl methyl sites for hydroxylation is 1. The monoisotopic (exact) mass is 334 g/mol. The van der Waals surface area contributed by atoms with Crippen molar-refractivity contribution in [3.8, 4) is 11.5 Å². The van der Waals surface area contributed by atoms with Crippen molar-refractivity contribution in [2.45, 2.75) is 45.1 Å². The topological polar surface area (TPSA) is 50.8 Å². The van der Waals surface area contributed by atoms with Gasteiger partial charge in [-0.1, -0.05) is 13.0 Å². The molecule has 0 radical (unpaired) electrons. The number of benzene rings is 1. The van der Waals surface area contributed by atoms with Gasteiger partial charge in [-0.3, -0.25) is 4.79 Å². The van der Waals surface area contributed by atoms with E-state index in [2.05, 4.69) is 17.1 Å². The minimum atomic E-state index is 0.121. The van der Waals surface area contributed by atoms with Gasteiger partial charge in [0.25, 0.3) is 0 Å². The fourth-order valence-corrected chi connectivity index (χ4v) is 3.15. The van der Waals surface area contributed by atoms with Gasteiger partial charge in [-0.25, -0.2) is 0 Å². The second-order valence-corrected chi connectivity index (χ2v) is 6.37. The zero-order valence-electron chi connectivity index (χ0n) is 15.1. The van der Waals surface area contributed by atoms with E-state index in [1.807, 2.05) is 18.2 Å². The van der Waals surface area contributed by atoms with Crippen molar-refractivity contribution in [1.29, 1.82) is 0 Å². The molecule has 0 spiro atoms. The lowest BCUT2D eigenvalue weighted by molar-refractivity contribution is -0.121. The van der Waals surface area contributed by atoms with Gasteiger partial charge in [0.05, 0.1) is 14.2 Å². The molecule has 2 rings (SSSR count). The average molecular weight is 334 g/mol. The molecule has 1 aromatic carbocycles. The fraction of sp³-hybridized carbons (Fsp3) is 0.632. The van der Waals surface area contributed by atoms with Crippen molar-refractivity contribution in [2.75, 3.05) is 33.9 Å². The molecule has 1 saturated heterocycles. The van der Waals surface area contributed by atoms with E-state index in [1.165, 1.54) is 12.8 Å². The van der Waals surface area contributed by atoms with Crippen LogP contribution in [0.5, 0.6) is 11.5 Å². The number of hydrogen-bond donors (Lipinski definition) is 1. The van der Waals surface area contributed by atoms with E-state index in [4.69, 9.17) is 9.47 Å². The zero-order valence-corrected chi connectivity index (χ0v) is 15.1. The SMILES string of the molecule is CC[C@@H](CN1CCCC1)NC(=O)CCc1ccc(OC)c(OC)c1. The van der Waals surface area contributed by atoms with Gasteiger partial charge in [0, 0.05) is 19.0 Å². The summed E-state index contributed by atoms with van der Waals surface area (Å²) in [7, 11) is 3.24. The quantitative estimate of drug-likeness (QED) is 0.754. The smallest absolute Gasteiger partial charge is 0.220 e. The Morgan fingerprint density at radius 3 is 2.54 bits per heavy atom. The molecule has 5 nitrogen and oxygen atoms in total. The number of nitrogens with one attached hydrogen (secondary N) is 1. The van der Waals surface area contributed by atoms with Gasteiger partial charge in [-0.05, 0) is 56.5 Å². The Morgan fingerprint density at radius 2 is 1.92 bits per heavy atom. The number of methoxy groups -OCH3 is 2. The molecule has 24 heavy (non-hydrogen) atoms.